The van der Waals surface area contributed by atoms with Gasteiger partial charge in [-0.2, -0.15) is 0 Å². The molecule has 3 rings (SSSR count). The lowest BCUT2D eigenvalue weighted by atomic mass is 9.96. The fourth-order valence-electron chi connectivity index (χ4n) is 4.54. The first-order valence-electron chi connectivity index (χ1n) is 13.5. The van der Waals surface area contributed by atoms with E-state index in [1.165, 1.54) is 0 Å². The smallest absolute Gasteiger partial charge is 0.408 e. The van der Waals surface area contributed by atoms with Crippen LogP contribution in [-0.2, 0) is 20.9 Å². The molecule has 2 aromatic rings. The third-order valence-corrected chi connectivity index (χ3v) is 6.97. The van der Waals surface area contributed by atoms with Crippen LogP contribution in [0.3, 0.4) is 0 Å². The Balaban J connectivity index is 1.98. The number of carbonyl (C=O) groups excluding carboxylic acids is 3. The van der Waals surface area contributed by atoms with E-state index in [2.05, 4.69) is 17.6 Å². The standard InChI is InChI=1S/C31H43N3O4/c1-19(2)26(33-30(37)38-31(6,7)8)29(36)34(25-17-22(25)5)27(24-15-14-20(3)21(4)16-24)28(35)32-18-23-12-10-9-11-13-23/h9-16,19,22,25-27H,17-18H2,1-8H3,(H,32,35)(H,33,37). The molecule has 3 amide bonds. The number of carbonyl (C=O) groups is 3. The first-order chi connectivity index (χ1) is 17.8. The van der Waals surface area contributed by atoms with Gasteiger partial charge in [-0.3, -0.25) is 9.59 Å². The van der Waals surface area contributed by atoms with Crippen molar-refractivity contribution in [3.8, 4) is 0 Å². The third kappa shape index (κ3) is 7.59. The van der Waals surface area contributed by atoms with E-state index in [-0.39, 0.29) is 29.7 Å². The van der Waals surface area contributed by atoms with Crippen LogP contribution in [0.15, 0.2) is 48.5 Å². The van der Waals surface area contributed by atoms with E-state index < -0.39 is 23.8 Å². The van der Waals surface area contributed by atoms with Crippen molar-refractivity contribution in [1.29, 1.82) is 0 Å². The van der Waals surface area contributed by atoms with Crippen molar-refractivity contribution < 1.29 is 19.1 Å². The summed E-state index contributed by atoms with van der Waals surface area (Å²) in [7, 11) is 0. The van der Waals surface area contributed by atoms with Crippen LogP contribution < -0.4 is 10.6 Å². The van der Waals surface area contributed by atoms with Gasteiger partial charge in [-0.25, -0.2) is 4.79 Å². The summed E-state index contributed by atoms with van der Waals surface area (Å²) in [6.07, 6.45) is 0.153. The van der Waals surface area contributed by atoms with Gasteiger partial charge in [-0.15, -0.1) is 0 Å². The maximum Gasteiger partial charge on any atom is 0.408 e. The summed E-state index contributed by atoms with van der Waals surface area (Å²) in [5.74, 6) is -0.480. The second kappa shape index (κ2) is 12.0. The number of benzene rings is 2. The lowest BCUT2D eigenvalue weighted by Gasteiger charge is -2.36. The number of hydrogen-bond donors (Lipinski definition) is 2. The number of nitrogens with one attached hydrogen (secondary N) is 2. The Hall–Kier alpha value is -3.35. The van der Waals surface area contributed by atoms with Gasteiger partial charge in [0, 0.05) is 12.6 Å². The second-order valence-corrected chi connectivity index (χ2v) is 11.8. The highest BCUT2D eigenvalue weighted by atomic mass is 16.6. The fourth-order valence-corrected chi connectivity index (χ4v) is 4.54. The summed E-state index contributed by atoms with van der Waals surface area (Å²) in [6, 6.07) is 13.8. The highest BCUT2D eigenvalue weighted by Crippen LogP contribution is 2.41. The van der Waals surface area contributed by atoms with Crippen LogP contribution in [0.2, 0.25) is 0 Å². The molecule has 1 fully saturated rings. The van der Waals surface area contributed by atoms with E-state index in [1.807, 2.05) is 76.2 Å². The molecule has 4 unspecified atom stereocenters. The zero-order valence-corrected chi connectivity index (χ0v) is 24.0. The Morgan fingerprint density at radius 1 is 1.03 bits per heavy atom. The van der Waals surface area contributed by atoms with E-state index in [9.17, 15) is 14.4 Å². The molecule has 0 heterocycles. The van der Waals surface area contributed by atoms with Crippen molar-refractivity contribution in [2.45, 2.75) is 92.1 Å². The summed E-state index contributed by atoms with van der Waals surface area (Å²) in [5.41, 5.74) is 3.20. The number of amides is 3. The van der Waals surface area contributed by atoms with Crippen molar-refractivity contribution in [1.82, 2.24) is 15.5 Å². The Labute approximate surface area is 227 Å². The molecule has 2 aromatic carbocycles. The largest absolute Gasteiger partial charge is 0.444 e. The average molecular weight is 522 g/mol. The molecule has 2 N–H and O–H groups in total. The molecule has 0 bridgehead atoms. The molecule has 0 aromatic heterocycles. The van der Waals surface area contributed by atoms with E-state index in [0.29, 0.717) is 6.54 Å². The van der Waals surface area contributed by atoms with Crippen LogP contribution in [0.1, 0.15) is 76.3 Å². The molecule has 38 heavy (non-hydrogen) atoms. The maximum absolute atomic E-state index is 14.2. The fraction of sp³-hybridized carbons (Fsp3) is 0.516. The third-order valence-electron chi connectivity index (χ3n) is 6.97. The highest BCUT2D eigenvalue weighted by molar-refractivity contribution is 5.92. The summed E-state index contributed by atoms with van der Waals surface area (Å²) in [5, 5.41) is 5.85. The van der Waals surface area contributed by atoms with Gasteiger partial charge >= 0.3 is 6.09 Å². The number of rotatable bonds is 9. The molecule has 0 saturated heterocycles. The SMILES string of the molecule is Cc1ccc(C(C(=O)NCc2ccccc2)N(C(=O)C(NC(=O)OC(C)(C)C)C(C)C)C2CC2C)cc1C. The van der Waals surface area contributed by atoms with Crippen LogP contribution in [0, 0.1) is 25.7 Å². The zero-order valence-electron chi connectivity index (χ0n) is 24.0. The molecule has 7 nitrogen and oxygen atoms in total. The van der Waals surface area contributed by atoms with Gasteiger partial charge in [0.2, 0.25) is 11.8 Å². The molecular formula is C31H43N3O4. The zero-order chi connectivity index (χ0) is 28.2. The summed E-state index contributed by atoms with van der Waals surface area (Å²) in [4.78, 5) is 42.5. The van der Waals surface area contributed by atoms with Crippen molar-refractivity contribution in [3.63, 3.8) is 0 Å². The van der Waals surface area contributed by atoms with Crippen molar-refractivity contribution >= 4 is 17.9 Å². The lowest BCUT2D eigenvalue weighted by Crippen LogP contribution is -2.55. The van der Waals surface area contributed by atoms with Gasteiger partial charge in [-0.1, -0.05) is 69.3 Å². The molecule has 7 heteroatoms. The Morgan fingerprint density at radius 3 is 2.18 bits per heavy atom. The van der Waals surface area contributed by atoms with Crippen LogP contribution in [-0.4, -0.2) is 40.5 Å². The molecular weight excluding hydrogens is 478 g/mol. The number of aryl methyl sites for hydroxylation is 2. The minimum Gasteiger partial charge on any atom is -0.444 e. The van der Waals surface area contributed by atoms with Crippen LogP contribution in [0.5, 0.6) is 0 Å². The summed E-state index contributed by atoms with van der Waals surface area (Å²) in [6.45, 7) is 15.6. The van der Waals surface area contributed by atoms with Gasteiger partial charge in [0.25, 0.3) is 0 Å². The van der Waals surface area contributed by atoms with Gasteiger partial charge in [0.15, 0.2) is 0 Å². The maximum atomic E-state index is 14.2. The monoisotopic (exact) mass is 521 g/mol. The Kier molecular flexibility index (Phi) is 9.23. The van der Waals surface area contributed by atoms with E-state index in [1.54, 1.807) is 25.7 Å². The quantitative estimate of drug-likeness (QED) is 0.460. The highest BCUT2D eigenvalue weighted by Gasteiger charge is 2.48. The molecule has 0 spiro atoms. The van der Waals surface area contributed by atoms with Crippen LogP contribution in [0.4, 0.5) is 4.79 Å². The van der Waals surface area contributed by atoms with Crippen LogP contribution >= 0.6 is 0 Å². The minimum absolute atomic E-state index is 0.0988. The molecule has 4 atom stereocenters. The average Bonchev–Trinajstić information content (AvgIpc) is 3.55. The van der Waals surface area contributed by atoms with Crippen molar-refractivity contribution in [3.05, 3.63) is 70.8 Å². The van der Waals surface area contributed by atoms with E-state index in [0.717, 1.165) is 28.7 Å². The molecule has 0 radical (unpaired) electrons. The minimum atomic E-state index is -0.839. The number of hydrogen-bond acceptors (Lipinski definition) is 4. The predicted molar refractivity (Wildman–Crippen MR) is 149 cm³/mol. The normalized spacial score (nSPS) is 18.3. The second-order valence-electron chi connectivity index (χ2n) is 11.8. The summed E-state index contributed by atoms with van der Waals surface area (Å²) < 4.78 is 5.45. The van der Waals surface area contributed by atoms with Gasteiger partial charge in [0.05, 0.1) is 0 Å². The number of ether oxygens (including phenoxy) is 1. The first kappa shape index (κ1) is 29.2. The van der Waals surface area contributed by atoms with Crippen molar-refractivity contribution in [2.24, 2.45) is 11.8 Å². The number of alkyl carbamates (subject to hydrolysis) is 1. The lowest BCUT2D eigenvalue weighted by molar-refractivity contribution is -0.144. The first-order valence-corrected chi connectivity index (χ1v) is 13.5. The topological polar surface area (TPSA) is 87.7 Å². The van der Waals surface area contributed by atoms with Gasteiger partial charge in [0.1, 0.15) is 17.7 Å². The predicted octanol–water partition coefficient (Wildman–Crippen LogP) is 5.45. The van der Waals surface area contributed by atoms with Crippen molar-refractivity contribution in [2.75, 3.05) is 0 Å². The molecule has 1 aliphatic carbocycles. The van der Waals surface area contributed by atoms with E-state index >= 15 is 0 Å². The van der Waals surface area contributed by atoms with Gasteiger partial charge in [-0.05, 0) is 75.1 Å². The van der Waals surface area contributed by atoms with E-state index in [4.69, 9.17) is 4.74 Å². The molecule has 1 aliphatic rings. The molecule has 1 saturated carbocycles. The number of nitrogens with zero attached hydrogens (tertiary/aromatic N) is 1. The molecule has 0 aliphatic heterocycles. The Bertz CT molecular complexity index is 1140. The van der Waals surface area contributed by atoms with Crippen LogP contribution in [0.25, 0.3) is 0 Å². The molecule has 206 valence electrons. The summed E-state index contributed by atoms with van der Waals surface area (Å²) >= 11 is 0. The van der Waals surface area contributed by atoms with Gasteiger partial charge < -0.3 is 20.3 Å². The Morgan fingerprint density at radius 2 is 1.66 bits per heavy atom.